The van der Waals surface area contributed by atoms with Crippen LogP contribution in [0.5, 0.6) is 0 Å². The Hall–Kier alpha value is -2.45. The number of halogens is 1. The topological polar surface area (TPSA) is 60.9 Å². The van der Waals surface area contributed by atoms with Crippen LogP contribution in [0.15, 0.2) is 48.5 Å². The number of carbonyl (C=O) groups excluding carboxylic acids is 1. The van der Waals surface area contributed by atoms with Crippen LogP contribution in [-0.4, -0.2) is 56.3 Å². The number of benzene rings is 2. The number of amides is 1. The van der Waals surface area contributed by atoms with Crippen molar-refractivity contribution < 1.29 is 17.6 Å². The van der Waals surface area contributed by atoms with Crippen LogP contribution in [0.25, 0.3) is 0 Å². The van der Waals surface area contributed by atoms with Crippen LogP contribution in [0.3, 0.4) is 0 Å². The summed E-state index contributed by atoms with van der Waals surface area (Å²) in [6, 6.07) is 14.2. The van der Waals surface area contributed by atoms with Gasteiger partial charge in [0, 0.05) is 57.4 Å². The zero-order valence-corrected chi connectivity index (χ0v) is 18.5. The van der Waals surface area contributed by atoms with Crippen LogP contribution in [0.2, 0.25) is 0 Å². The maximum Gasteiger partial charge on any atom is 0.221 e. The number of piperazine rings is 1. The molecule has 0 radical (unpaired) electrons. The van der Waals surface area contributed by atoms with E-state index < -0.39 is 21.1 Å². The summed E-state index contributed by atoms with van der Waals surface area (Å²) in [5, 5.41) is -0.581. The van der Waals surface area contributed by atoms with E-state index in [0.29, 0.717) is 44.7 Å². The Balaban J connectivity index is 1.47. The minimum Gasteiger partial charge on any atom is -0.368 e. The van der Waals surface area contributed by atoms with E-state index in [4.69, 9.17) is 0 Å². The van der Waals surface area contributed by atoms with E-state index in [1.54, 1.807) is 17.9 Å². The molecule has 31 heavy (non-hydrogen) atoms. The number of rotatable bonds is 4. The van der Waals surface area contributed by atoms with Crippen LogP contribution in [0.1, 0.15) is 36.1 Å². The predicted octanol–water partition coefficient (Wildman–Crippen LogP) is 3.16. The van der Waals surface area contributed by atoms with Gasteiger partial charge in [0.25, 0.3) is 0 Å². The summed E-state index contributed by atoms with van der Waals surface area (Å²) in [5.41, 5.74) is 1.92. The first-order valence-corrected chi connectivity index (χ1v) is 12.2. The van der Waals surface area contributed by atoms with Crippen molar-refractivity contribution >= 4 is 21.6 Å². The van der Waals surface area contributed by atoms with Crippen molar-refractivity contribution in [1.29, 1.82) is 0 Å². The second kappa shape index (κ2) is 8.96. The summed E-state index contributed by atoms with van der Waals surface area (Å²) >= 11 is 0. The monoisotopic (exact) mass is 445 g/mol. The molecule has 0 N–H and O–H groups in total. The summed E-state index contributed by atoms with van der Waals surface area (Å²) in [6.45, 7) is 4.53. The lowest BCUT2D eigenvalue weighted by molar-refractivity contribution is -0.129. The Labute approximate surface area is 183 Å². The Morgan fingerprint density at radius 3 is 2.39 bits per heavy atom. The summed E-state index contributed by atoms with van der Waals surface area (Å²) in [6.07, 6.45) is 1.33. The highest BCUT2D eigenvalue weighted by molar-refractivity contribution is 7.89. The summed E-state index contributed by atoms with van der Waals surface area (Å²) < 4.78 is 42.7. The van der Waals surface area contributed by atoms with Gasteiger partial charge in [-0.05, 0) is 30.5 Å². The van der Waals surface area contributed by atoms with Crippen molar-refractivity contribution in [2.24, 2.45) is 0 Å². The minimum atomic E-state index is -3.56. The lowest BCUT2D eigenvalue weighted by atomic mass is 10.1. The van der Waals surface area contributed by atoms with E-state index in [-0.39, 0.29) is 12.5 Å². The second-order valence-electron chi connectivity index (χ2n) is 8.19. The molecule has 166 valence electrons. The molecule has 2 fully saturated rings. The van der Waals surface area contributed by atoms with Crippen molar-refractivity contribution in [3.8, 4) is 0 Å². The molecule has 1 unspecified atom stereocenters. The molecular weight excluding hydrogens is 417 g/mol. The Morgan fingerprint density at radius 1 is 1.03 bits per heavy atom. The zero-order chi connectivity index (χ0) is 22.0. The van der Waals surface area contributed by atoms with E-state index in [1.165, 1.54) is 10.4 Å². The molecule has 6 nitrogen and oxygen atoms in total. The minimum absolute atomic E-state index is 0.0376. The van der Waals surface area contributed by atoms with E-state index in [2.05, 4.69) is 4.90 Å². The molecule has 1 amide bonds. The zero-order valence-electron chi connectivity index (χ0n) is 17.7. The standard InChI is InChI=1S/C23H28FN3O3S/c1-18(28)25-12-14-26(15-13-25)21-10-9-20(22(24)16-21)17-27-11-5-8-23(31(27,29)30)19-6-3-2-4-7-19/h2-4,6-7,9-10,16,23H,5,8,11-15,17H2,1H3. The molecule has 2 aromatic carbocycles. The fourth-order valence-corrected chi connectivity index (χ4v) is 6.44. The third-order valence-electron chi connectivity index (χ3n) is 6.24. The number of sulfonamides is 1. The van der Waals surface area contributed by atoms with E-state index in [0.717, 1.165) is 17.7 Å². The number of carbonyl (C=O) groups is 1. The molecule has 0 aromatic heterocycles. The third kappa shape index (κ3) is 4.60. The van der Waals surface area contributed by atoms with Gasteiger partial charge in [0.15, 0.2) is 0 Å². The predicted molar refractivity (Wildman–Crippen MR) is 119 cm³/mol. The Bertz CT molecular complexity index is 1040. The Morgan fingerprint density at radius 2 is 1.74 bits per heavy atom. The van der Waals surface area contributed by atoms with Gasteiger partial charge in [0.05, 0.1) is 0 Å². The summed E-state index contributed by atoms with van der Waals surface area (Å²) in [5.74, 6) is -0.346. The molecule has 8 heteroatoms. The summed E-state index contributed by atoms with van der Waals surface area (Å²) in [4.78, 5) is 15.3. The smallest absolute Gasteiger partial charge is 0.221 e. The second-order valence-corrected chi connectivity index (χ2v) is 10.3. The van der Waals surface area contributed by atoms with Crippen molar-refractivity contribution in [2.75, 3.05) is 37.6 Å². The number of hydrogen-bond acceptors (Lipinski definition) is 4. The first-order chi connectivity index (χ1) is 14.9. The van der Waals surface area contributed by atoms with Crippen molar-refractivity contribution in [3.05, 3.63) is 65.5 Å². The largest absolute Gasteiger partial charge is 0.368 e. The SMILES string of the molecule is CC(=O)N1CCN(c2ccc(CN3CCCC(c4ccccc4)S3(=O)=O)c(F)c2)CC1. The van der Waals surface area contributed by atoms with Gasteiger partial charge in [-0.2, -0.15) is 4.31 Å². The van der Waals surface area contributed by atoms with Crippen LogP contribution < -0.4 is 4.90 Å². The van der Waals surface area contributed by atoms with Crippen LogP contribution in [0.4, 0.5) is 10.1 Å². The van der Waals surface area contributed by atoms with Gasteiger partial charge in [-0.25, -0.2) is 12.8 Å². The first-order valence-electron chi connectivity index (χ1n) is 10.7. The fourth-order valence-electron chi connectivity index (χ4n) is 4.42. The molecule has 2 aliphatic rings. The van der Waals surface area contributed by atoms with Crippen molar-refractivity contribution in [3.63, 3.8) is 0 Å². The van der Waals surface area contributed by atoms with Crippen molar-refractivity contribution in [1.82, 2.24) is 9.21 Å². The molecule has 1 atom stereocenters. The van der Waals surface area contributed by atoms with Crippen LogP contribution in [0, 0.1) is 5.82 Å². The molecule has 2 aliphatic heterocycles. The normalized spacial score (nSPS) is 21.8. The van der Waals surface area contributed by atoms with Crippen LogP contribution in [-0.2, 0) is 21.4 Å². The molecule has 0 saturated carbocycles. The fraction of sp³-hybridized carbons (Fsp3) is 0.435. The molecule has 0 spiro atoms. The lowest BCUT2D eigenvalue weighted by Crippen LogP contribution is -2.48. The lowest BCUT2D eigenvalue weighted by Gasteiger charge is -2.36. The highest BCUT2D eigenvalue weighted by Gasteiger charge is 2.37. The average Bonchev–Trinajstić information content (AvgIpc) is 2.77. The molecule has 2 saturated heterocycles. The van der Waals surface area contributed by atoms with Gasteiger partial charge in [-0.3, -0.25) is 4.79 Å². The quantitative estimate of drug-likeness (QED) is 0.725. The molecule has 0 bridgehead atoms. The van der Waals surface area contributed by atoms with Crippen LogP contribution >= 0.6 is 0 Å². The first kappa shape index (κ1) is 21.8. The average molecular weight is 446 g/mol. The highest BCUT2D eigenvalue weighted by Crippen LogP contribution is 2.35. The molecule has 4 rings (SSSR count). The van der Waals surface area contributed by atoms with E-state index in [9.17, 15) is 17.6 Å². The van der Waals surface area contributed by atoms with Gasteiger partial charge in [-0.15, -0.1) is 0 Å². The molecule has 2 aromatic rings. The summed E-state index contributed by atoms with van der Waals surface area (Å²) in [7, 11) is -3.56. The van der Waals surface area contributed by atoms with E-state index in [1.807, 2.05) is 36.4 Å². The van der Waals surface area contributed by atoms with Gasteiger partial charge in [0.1, 0.15) is 11.1 Å². The van der Waals surface area contributed by atoms with Gasteiger partial charge >= 0.3 is 0 Å². The molecular formula is C23H28FN3O3S. The van der Waals surface area contributed by atoms with Gasteiger partial charge in [0.2, 0.25) is 15.9 Å². The van der Waals surface area contributed by atoms with E-state index >= 15 is 0 Å². The molecule has 2 heterocycles. The maximum atomic E-state index is 14.9. The maximum absolute atomic E-state index is 14.9. The third-order valence-corrected chi connectivity index (χ3v) is 8.50. The van der Waals surface area contributed by atoms with Crippen molar-refractivity contribution in [2.45, 2.75) is 31.6 Å². The van der Waals surface area contributed by atoms with Gasteiger partial charge < -0.3 is 9.80 Å². The number of anilines is 1. The number of hydrogen-bond donors (Lipinski definition) is 0. The molecule has 0 aliphatic carbocycles. The number of nitrogens with zero attached hydrogens (tertiary/aromatic N) is 3. The highest BCUT2D eigenvalue weighted by atomic mass is 32.2. The van der Waals surface area contributed by atoms with Gasteiger partial charge in [-0.1, -0.05) is 36.4 Å². The Kier molecular flexibility index (Phi) is 6.29.